The molecule has 0 saturated heterocycles. The van der Waals surface area contributed by atoms with Crippen LogP contribution in [0.4, 0.5) is 0 Å². The van der Waals surface area contributed by atoms with Gasteiger partial charge in [0.2, 0.25) is 0 Å². The van der Waals surface area contributed by atoms with Gasteiger partial charge >= 0.3 is 0 Å². The molecule has 0 radical (unpaired) electrons. The second-order valence-corrected chi connectivity index (χ2v) is 14.3. The van der Waals surface area contributed by atoms with E-state index in [1.54, 1.807) is 0 Å². The molecule has 0 spiro atoms. The lowest BCUT2D eigenvalue weighted by Gasteiger charge is -2.22. The first kappa shape index (κ1) is 30.1. The molecule has 1 heteroatoms. The third-order valence-corrected chi connectivity index (χ3v) is 9.89. The highest BCUT2D eigenvalue weighted by molar-refractivity contribution is 6.32. The van der Waals surface area contributed by atoms with Crippen LogP contribution in [-0.4, -0.2) is 4.98 Å². The van der Waals surface area contributed by atoms with Crippen LogP contribution in [0, 0.1) is 55.4 Å². The smallest absolute Gasteiger partial charge is 0.0382 e. The van der Waals surface area contributed by atoms with Crippen LogP contribution in [0.25, 0.3) is 76.8 Å². The normalized spacial score (nSPS) is 11.8. The van der Waals surface area contributed by atoms with Gasteiger partial charge in [-0.25, -0.2) is 0 Å². The van der Waals surface area contributed by atoms with Crippen molar-refractivity contribution in [3.63, 3.8) is 0 Å². The quantitative estimate of drug-likeness (QED) is 0.179. The van der Waals surface area contributed by atoms with Crippen molar-refractivity contribution in [2.45, 2.75) is 55.4 Å². The molecule has 0 aliphatic rings. The van der Waals surface area contributed by atoms with Crippen molar-refractivity contribution in [3.05, 3.63) is 148 Å². The number of aromatic nitrogens is 1. The van der Waals surface area contributed by atoms with E-state index in [0.29, 0.717) is 0 Å². The predicted molar refractivity (Wildman–Crippen MR) is 208 cm³/mol. The van der Waals surface area contributed by atoms with E-state index in [-0.39, 0.29) is 0 Å². The second-order valence-electron chi connectivity index (χ2n) is 14.3. The molecule has 8 aromatic rings. The molecule has 7 aromatic carbocycles. The summed E-state index contributed by atoms with van der Waals surface area (Å²) in [5, 5.41) is 7.85. The Labute approximate surface area is 284 Å². The zero-order valence-corrected chi connectivity index (χ0v) is 29.3. The maximum absolute atomic E-state index is 4.74. The van der Waals surface area contributed by atoms with Gasteiger partial charge in [-0.2, -0.15) is 0 Å². The minimum Gasteiger partial charge on any atom is -0.258 e. The lowest BCUT2D eigenvalue weighted by Crippen LogP contribution is -1.96. The van der Waals surface area contributed by atoms with Crippen LogP contribution >= 0.6 is 0 Å². The molecule has 0 saturated carbocycles. The number of rotatable bonds is 4. The van der Waals surface area contributed by atoms with Gasteiger partial charge in [-0.15, -0.1) is 0 Å². The largest absolute Gasteiger partial charge is 0.258 e. The molecule has 0 N–H and O–H groups in total. The van der Waals surface area contributed by atoms with Crippen molar-refractivity contribution in [1.29, 1.82) is 0 Å². The molecule has 8 rings (SSSR count). The highest BCUT2D eigenvalue weighted by atomic mass is 14.7. The van der Waals surface area contributed by atoms with Gasteiger partial charge in [0.1, 0.15) is 0 Å². The Morgan fingerprint density at radius 1 is 0.292 bits per heavy atom. The summed E-state index contributed by atoms with van der Waals surface area (Å²) in [6.07, 6.45) is 0. The molecule has 0 unspecified atom stereocenters. The van der Waals surface area contributed by atoms with Gasteiger partial charge in [-0.05, 0) is 156 Å². The van der Waals surface area contributed by atoms with Crippen molar-refractivity contribution in [2.24, 2.45) is 0 Å². The molecule has 0 bridgehead atoms. The molecule has 234 valence electrons. The van der Waals surface area contributed by atoms with Crippen molar-refractivity contribution >= 4 is 32.3 Å². The summed E-state index contributed by atoms with van der Waals surface area (Å²) >= 11 is 0. The summed E-state index contributed by atoms with van der Waals surface area (Å²) in [5.74, 6) is 0. The van der Waals surface area contributed by atoms with Gasteiger partial charge < -0.3 is 0 Å². The third kappa shape index (κ3) is 5.06. The average Bonchev–Trinajstić information content (AvgIpc) is 3.01. The Balaban J connectivity index is 1.60. The molecule has 0 amide bonds. The molecule has 48 heavy (non-hydrogen) atoms. The standard InChI is InChI=1S/C47H41N/c1-26-13-27(2)17-34(16-26)42-24-43(35-18-28(3)14-29(4)19-35)39-11-12-41-45(37-22-32(7)48-33(8)23-37)25-44(36-20-30(5)15-31(6)21-36)40-10-9-38(42)46(39)47(40)41/h9-25H,1-8H3. The third-order valence-electron chi connectivity index (χ3n) is 9.89. The fourth-order valence-corrected chi connectivity index (χ4v) is 8.33. The first-order valence-corrected chi connectivity index (χ1v) is 17.0. The molecule has 1 aromatic heterocycles. The summed E-state index contributed by atoms with van der Waals surface area (Å²) in [7, 11) is 0. The number of hydrogen-bond donors (Lipinski definition) is 0. The monoisotopic (exact) mass is 619 g/mol. The Morgan fingerprint density at radius 2 is 0.542 bits per heavy atom. The van der Waals surface area contributed by atoms with E-state index < -0.39 is 0 Å². The van der Waals surface area contributed by atoms with Crippen LogP contribution < -0.4 is 0 Å². The van der Waals surface area contributed by atoms with Crippen molar-refractivity contribution in [1.82, 2.24) is 4.98 Å². The van der Waals surface area contributed by atoms with E-state index in [2.05, 4.69) is 159 Å². The summed E-state index contributed by atoms with van der Waals surface area (Å²) in [4.78, 5) is 4.74. The molecule has 1 nitrogen and oxygen atoms in total. The number of aryl methyl sites for hydroxylation is 8. The molecule has 0 atom stereocenters. The predicted octanol–water partition coefficient (Wildman–Crippen LogP) is 13.1. The first-order chi connectivity index (χ1) is 23.0. The van der Waals surface area contributed by atoms with E-state index in [0.717, 1.165) is 11.4 Å². The number of nitrogens with zero attached hydrogens (tertiary/aromatic N) is 1. The van der Waals surface area contributed by atoms with Gasteiger partial charge in [0.05, 0.1) is 0 Å². The highest BCUT2D eigenvalue weighted by Gasteiger charge is 2.21. The Morgan fingerprint density at radius 3 is 0.812 bits per heavy atom. The van der Waals surface area contributed by atoms with Crippen molar-refractivity contribution < 1.29 is 0 Å². The topological polar surface area (TPSA) is 12.9 Å². The summed E-state index contributed by atoms with van der Waals surface area (Å²) in [6.45, 7) is 17.4. The van der Waals surface area contributed by atoms with Crippen molar-refractivity contribution in [2.75, 3.05) is 0 Å². The molecular weight excluding hydrogens is 579 g/mol. The van der Waals surface area contributed by atoms with E-state index in [4.69, 9.17) is 4.98 Å². The van der Waals surface area contributed by atoms with Crippen LogP contribution in [0.5, 0.6) is 0 Å². The molecule has 0 aliphatic carbocycles. The average molecular weight is 620 g/mol. The molecule has 0 fully saturated rings. The van der Waals surface area contributed by atoms with E-state index in [1.807, 2.05) is 0 Å². The van der Waals surface area contributed by atoms with Crippen LogP contribution in [0.15, 0.2) is 103 Å². The van der Waals surface area contributed by atoms with Crippen LogP contribution in [0.2, 0.25) is 0 Å². The highest BCUT2D eigenvalue weighted by Crippen LogP contribution is 2.49. The Bertz CT molecular complexity index is 2150. The zero-order valence-electron chi connectivity index (χ0n) is 29.3. The SMILES string of the molecule is Cc1cc(C)cc(-c2cc(-c3cc(C)cc(C)c3)c3ccc4c(-c5cc(C)nc(C)c5)cc(-c5cc(C)cc(C)c5)c5ccc2c3c54)c1. The van der Waals surface area contributed by atoms with Crippen LogP contribution in [0.3, 0.4) is 0 Å². The van der Waals surface area contributed by atoms with E-state index >= 15 is 0 Å². The summed E-state index contributed by atoms with van der Waals surface area (Å²) < 4.78 is 0. The van der Waals surface area contributed by atoms with Gasteiger partial charge in [-0.3, -0.25) is 4.98 Å². The lowest BCUT2D eigenvalue weighted by molar-refractivity contribution is 1.12. The van der Waals surface area contributed by atoms with Crippen LogP contribution in [-0.2, 0) is 0 Å². The lowest BCUT2D eigenvalue weighted by atomic mass is 9.81. The first-order valence-electron chi connectivity index (χ1n) is 17.0. The molecule has 0 aliphatic heterocycles. The van der Waals surface area contributed by atoms with Gasteiger partial charge in [0.15, 0.2) is 0 Å². The van der Waals surface area contributed by atoms with Crippen LogP contribution in [0.1, 0.15) is 44.8 Å². The van der Waals surface area contributed by atoms with E-state index in [1.165, 1.54) is 110 Å². The molecular formula is C47H41N. The Hall–Kier alpha value is -5.27. The maximum atomic E-state index is 4.74. The van der Waals surface area contributed by atoms with E-state index in [9.17, 15) is 0 Å². The minimum atomic E-state index is 1.04. The zero-order chi connectivity index (χ0) is 33.4. The summed E-state index contributed by atoms with van der Waals surface area (Å²) in [5.41, 5.74) is 19.9. The fraction of sp³-hybridized carbons (Fsp3) is 0.170. The number of benzene rings is 7. The Kier molecular flexibility index (Phi) is 7.00. The van der Waals surface area contributed by atoms with Gasteiger partial charge in [0.25, 0.3) is 0 Å². The van der Waals surface area contributed by atoms with Gasteiger partial charge in [0, 0.05) is 11.4 Å². The summed E-state index contributed by atoms with van der Waals surface area (Å²) in [6, 6.07) is 39.8. The molecule has 1 heterocycles. The van der Waals surface area contributed by atoms with Crippen molar-refractivity contribution in [3.8, 4) is 44.5 Å². The number of hydrogen-bond acceptors (Lipinski definition) is 1. The second kappa shape index (κ2) is 11.2. The fourth-order valence-electron chi connectivity index (χ4n) is 8.33. The van der Waals surface area contributed by atoms with Gasteiger partial charge in [-0.1, -0.05) is 112 Å². The number of pyridine rings is 1. The minimum absolute atomic E-state index is 1.04. The maximum Gasteiger partial charge on any atom is 0.0382 e.